The molecule has 19 heavy (non-hydrogen) atoms. The van der Waals surface area contributed by atoms with Gasteiger partial charge in [0.2, 0.25) is 0 Å². The molecule has 0 saturated carbocycles. The van der Waals surface area contributed by atoms with Gasteiger partial charge in [0.25, 0.3) is 0 Å². The van der Waals surface area contributed by atoms with E-state index < -0.39 is 6.61 Å². The van der Waals surface area contributed by atoms with Gasteiger partial charge in [0.05, 0.1) is 0 Å². The number of benzene rings is 1. The molecular weight excluding hydrogens is 248 g/mol. The summed E-state index contributed by atoms with van der Waals surface area (Å²) < 4.78 is 29.7. The van der Waals surface area contributed by atoms with Crippen molar-refractivity contribution in [2.75, 3.05) is 6.54 Å². The average Bonchev–Trinajstić information content (AvgIpc) is 2.26. The van der Waals surface area contributed by atoms with Crippen molar-refractivity contribution in [3.63, 3.8) is 0 Å². The molecule has 1 heterocycles. The van der Waals surface area contributed by atoms with Gasteiger partial charge in [-0.1, -0.05) is 39.8 Å². The molecule has 0 aromatic heterocycles. The molecule has 1 aromatic rings. The number of alkyl halides is 2. The van der Waals surface area contributed by atoms with Crippen molar-refractivity contribution >= 4 is 0 Å². The molecular formula is C15H21F2NO. The smallest absolute Gasteiger partial charge is 0.387 e. The lowest BCUT2D eigenvalue weighted by Crippen LogP contribution is -2.39. The van der Waals surface area contributed by atoms with Gasteiger partial charge in [0.1, 0.15) is 5.75 Å². The molecule has 0 amide bonds. The summed E-state index contributed by atoms with van der Waals surface area (Å²) in [6.07, 6.45) is 0. The second kappa shape index (κ2) is 5.08. The third kappa shape index (κ3) is 2.89. The van der Waals surface area contributed by atoms with Gasteiger partial charge in [0, 0.05) is 18.2 Å². The van der Waals surface area contributed by atoms with Gasteiger partial charge >= 0.3 is 6.61 Å². The molecule has 4 heteroatoms. The molecule has 2 nitrogen and oxygen atoms in total. The Kier molecular flexibility index (Phi) is 3.81. The minimum Gasteiger partial charge on any atom is -0.435 e. The van der Waals surface area contributed by atoms with Crippen molar-refractivity contribution in [3.8, 4) is 5.75 Å². The van der Waals surface area contributed by atoms with Gasteiger partial charge in [-0.25, -0.2) is 0 Å². The van der Waals surface area contributed by atoms with Gasteiger partial charge in [-0.2, -0.15) is 8.78 Å². The van der Waals surface area contributed by atoms with Crippen LogP contribution in [-0.4, -0.2) is 13.2 Å². The maximum Gasteiger partial charge on any atom is 0.387 e. The zero-order valence-corrected chi connectivity index (χ0v) is 11.8. The Morgan fingerprint density at radius 2 is 2.00 bits per heavy atom. The Bertz CT molecular complexity index is 454. The first-order chi connectivity index (χ1) is 8.80. The van der Waals surface area contributed by atoms with E-state index in [1.807, 2.05) is 13.0 Å². The summed E-state index contributed by atoms with van der Waals surface area (Å²) in [6, 6.07) is 5.58. The van der Waals surface area contributed by atoms with E-state index in [4.69, 9.17) is 0 Å². The monoisotopic (exact) mass is 269 g/mol. The Hall–Kier alpha value is -1.16. The fourth-order valence-electron chi connectivity index (χ4n) is 2.82. The van der Waals surface area contributed by atoms with Crippen LogP contribution in [0.3, 0.4) is 0 Å². The molecule has 1 aliphatic rings. The lowest BCUT2D eigenvalue weighted by molar-refractivity contribution is -0.0508. The lowest BCUT2D eigenvalue weighted by atomic mass is 9.76. The molecule has 2 unspecified atom stereocenters. The molecule has 0 aliphatic carbocycles. The Morgan fingerprint density at radius 3 is 2.58 bits per heavy atom. The molecule has 1 N–H and O–H groups in total. The number of hydrogen-bond donors (Lipinski definition) is 1. The van der Waals surface area contributed by atoms with E-state index in [9.17, 15) is 8.78 Å². The van der Waals surface area contributed by atoms with Gasteiger partial charge in [0.15, 0.2) is 0 Å². The molecule has 0 fully saturated rings. The fourth-order valence-corrected chi connectivity index (χ4v) is 2.82. The lowest BCUT2D eigenvalue weighted by Gasteiger charge is -2.39. The second-order valence-electron chi connectivity index (χ2n) is 6.25. The summed E-state index contributed by atoms with van der Waals surface area (Å²) in [5.74, 6) is 0.485. The Morgan fingerprint density at radius 1 is 1.32 bits per heavy atom. The molecule has 0 radical (unpaired) electrons. The SMILES string of the molecule is CC1CNC(C(C)(C)C)c2cccc(OC(F)F)c21. The molecule has 0 spiro atoms. The van der Waals surface area contributed by atoms with E-state index in [-0.39, 0.29) is 17.4 Å². The van der Waals surface area contributed by atoms with Gasteiger partial charge in [-0.05, 0) is 23.0 Å². The fraction of sp³-hybridized carbons (Fsp3) is 0.600. The molecule has 0 saturated heterocycles. The summed E-state index contributed by atoms with van der Waals surface area (Å²) in [6.45, 7) is 6.46. The van der Waals surface area contributed by atoms with E-state index >= 15 is 0 Å². The zero-order chi connectivity index (χ0) is 14.2. The normalized spacial score (nSPS) is 23.3. The van der Waals surface area contributed by atoms with Crippen LogP contribution in [0.25, 0.3) is 0 Å². The summed E-state index contributed by atoms with van der Waals surface area (Å²) in [5, 5.41) is 3.50. The number of hydrogen-bond acceptors (Lipinski definition) is 2. The van der Waals surface area contributed by atoms with Crippen LogP contribution in [0.2, 0.25) is 0 Å². The van der Waals surface area contributed by atoms with Crippen LogP contribution < -0.4 is 10.1 Å². The molecule has 2 rings (SSSR count). The largest absolute Gasteiger partial charge is 0.435 e. The number of halogens is 2. The first kappa shape index (κ1) is 14.3. The molecule has 2 atom stereocenters. The topological polar surface area (TPSA) is 21.3 Å². The summed E-state index contributed by atoms with van der Waals surface area (Å²) in [4.78, 5) is 0. The second-order valence-corrected chi connectivity index (χ2v) is 6.25. The van der Waals surface area contributed by atoms with Crippen molar-refractivity contribution in [1.82, 2.24) is 5.32 Å². The highest BCUT2D eigenvalue weighted by molar-refractivity contribution is 5.46. The standard InChI is InChI=1S/C15H21F2NO/c1-9-8-18-13(15(2,3)4)10-6-5-7-11(12(9)10)19-14(16)17/h5-7,9,13-14,18H,8H2,1-4H3. The quantitative estimate of drug-likeness (QED) is 0.873. The van der Waals surface area contributed by atoms with Crippen molar-refractivity contribution in [3.05, 3.63) is 29.3 Å². The highest BCUT2D eigenvalue weighted by Gasteiger charge is 2.34. The Balaban J connectivity index is 2.48. The van der Waals surface area contributed by atoms with Crippen LogP contribution in [0.1, 0.15) is 50.8 Å². The van der Waals surface area contributed by atoms with Crippen LogP contribution in [-0.2, 0) is 0 Å². The van der Waals surface area contributed by atoms with Crippen molar-refractivity contribution in [1.29, 1.82) is 0 Å². The number of fused-ring (bicyclic) bond motifs is 1. The number of nitrogens with one attached hydrogen (secondary N) is 1. The van der Waals surface area contributed by atoms with Gasteiger partial charge < -0.3 is 10.1 Å². The summed E-state index contributed by atoms with van der Waals surface area (Å²) in [7, 11) is 0. The molecule has 1 aromatic carbocycles. The van der Waals surface area contributed by atoms with Crippen LogP contribution in [0, 0.1) is 5.41 Å². The summed E-state index contributed by atoms with van der Waals surface area (Å²) in [5.41, 5.74) is 2.02. The zero-order valence-electron chi connectivity index (χ0n) is 11.8. The van der Waals surface area contributed by atoms with Crippen LogP contribution in [0.4, 0.5) is 8.78 Å². The number of ether oxygens (including phenoxy) is 1. The average molecular weight is 269 g/mol. The highest BCUT2D eigenvalue weighted by atomic mass is 19.3. The predicted molar refractivity (Wildman–Crippen MR) is 71.7 cm³/mol. The Labute approximate surface area is 113 Å². The molecule has 1 aliphatic heterocycles. The van der Waals surface area contributed by atoms with Crippen LogP contribution >= 0.6 is 0 Å². The van der Waals surface area contributed by atoms with E-state index in [0.29, 0.717) is 5.75 Å². The van der Waals surface area contributed by atoms with E-state index in [2.05, 4.69) is 30.8 Å². The van der Waals surface area contributed by atoms with Gasteiger partial charge in [-0.3, -0.25) is 0 Å². The maximum absolute atomic E-state index is 12.5. The van der Waals surface area contributed by atoms with Gasteiger partial charge in [-0.15, -0.1) is 0 Å². The van der Waals surface area contributed by atoms with Crippen molar-refractivity contribution in [2.45, 2.75) is 46.3 Å². The summed E-state index contributed by atoms with van der Waals surface area (Å²) >= 11 is 0. The maximum atomic E-state index is 12.5. The predicted octanol–water partition coefficient (Wildman–Crippen LogP) is 4.08. The first-order valence-corrected chi connectivity index (χ1v) is 6.61. The number of rotatable bonds is 2. The minimum absolute atomic E-state index is 0.0261. The first-order valence-electron chi connectivity index (χ1n) is 6.61. The third-order valence-electron chi connectivity index (χ3n) is 3.61. The van der Waals surface area contributed by atoms with Crippen molar-refractivity contribution in [2.24, 2.45) is 5.41 Å². The highest BCUT2D eigenvalue weighted by Crippen LogP contribution is 2.43. The van der Waals surface area contributed by atoms with Crippen LogP contribution in [0.15, 0.2) is 18.2 Å². The van der Waals surface area contributed by atoms with E-state index in [1.165, 1.54) is 0 Å². The molecule has 106 valence electrons. The van der Waals surface area contributed by atoms with Crippen LogP contribution in [0.5, 0.6) is 5.75 Å². The van der Waals surface area contributed by atoms with E-state index in [0.717, 1.165) is 17.7 Å². The minimum atomic E-state index is -2.78. The van der Waals surface area contributed by atoms with Crippen molar-refractivity contribution < 1.29 is 13.5 Å². The molecule has 0 bridgehead atoms. The third-order valence-corrected chi connectivity index (χ3v) is 3.61. The van der Waals surface area contributed by atoms with E-state index in [1.54, 1.807) is 12.1 Å².